The summed E-state index contributed by atoms with van der Waals surface area (Å²) in [5, 5.41) is 0.737. The van der Waals surface area contributed by atoms with E-state index in [0.29, 0.717) is 18.4 Å². The van der Waals surface area contributed by atoms with Gasteiger partial charge in [-0.25, -0.2) is 0 Å². The SMILES string of the molecule is COc1cc(Cl)c(C2(CN)CC2)cc1OC1CCC1. The fraction of sp³-hybridized carbons (Fsp3) is 0.600. The zero-order chi connectivity index (χ0) is 13.5. The molecule has 0 spiro atoms. The maximum absolute atomic E-state index is 6.38. The first kappa shape index (κ1) is 13.1. The van der Waals surface area contributed by atoms with Gasteiger partial charge in [-0.1, -0.05) is 11.6 Å². The molecule has 0 unspecified atom stereocenters. The molecule has 3 rings (SSSR count). The molecule has 2 aliphatic rings. The Kier molecular flexibility index (Phi) is 3.35. The van der Waals surface area contributed by atoms with E-state index >= 15 is 0 Å². The van der Waals surface area contributed by atoms with Crippen molar-refractivity contribution in [3.8, 4) is 11.5 Å². The van der Waals surface area contributed by atoms with E-state index in [0.717, 1.165) is 42.0 Å². The Morgan fingerprint density at radius 2 is 2.05 bits per heavy atom. The smallest absolute Gasteiger partial charge is 0.162 e. The fourth-order valence-corrected chi connectivity index (χ4v) is 2.95. The first-order valence-electron chi connectivity index (χ1n) is 6.93. The van der Waals surface area contributed by atoms with Crippen LogP contribution in [0.3, 0.4) is 0 Å². The van der Waals surface area contributed by atoms with Crippen molar-refractivity contribution in [2.75, 3.05) is 13.7 Å². The molecular weight excluding hydrogens is 262 g/mol. The van der Waals surface area contributed by atoms with E-state index in [2.05, 4.69) is 0 Å². The number of hydrogen-bond acceptors (Lipinski definition) is 3. The molecule has 2 aliphatic carbocycles. The molecule has 0 atom stereocenters. The average molecular weight is 282 g/mol. The highest BCUT2D eigenvalue weighted by molar-refractivity contribution is 6.31. The molecule has 4 heteroatoms. The van der Waals surface area contributed by atoms with Crippen molar-refractivity contribution in [2.45, 2.75) is 43.6 Å². The highest BCUT2D eigenvalue weighted by Crippen LogP contribution is 2.52. The van der Waals surface area contributed by atoms with Crippen molar-refractivity contribution in [1.29, 1.82) is 0 Å². The van der Waals surface area contributed by atoms with E-state index < -0.39 is 0 Å². The van der Waals surface area contributed by atoms with Crippen LogP contribution in [0.25, 0.3) is 0 Å². The number of halogens is 1. The average Bonchev–Trinajstić information content (AvgIpc) is 3.15. The van der Waals surface area contributed by atoms with E-state index in [1.165, 1.54) is 6.42 Å². The number of benzene rings is 1. The van der Waals surface area contributed by atoms with Crippen LogP contribution in [0.2, 0.25) is 5.02 Å². The predicted octanol–water partition coefficient (Wildman–Crippen LogP) is 3.27. The van der Waals surface area contributed by atoms with Crippen LogP contribution in [-0.4, -0.2) is 19.8 Å². The summed E-state index contributed by atoms with van der Waals surface area (Å²) in [6.45, 7) is 0.641. The van der Waals surface area contributed by atoms with Gasteiger partial charge < -0.3 is 15.2 Å². The van der Waals surface area contributed by atoms with Crippen LogP contribution in [0.5, 0.6) is 11.5 Å². The lowest BCUT2D eigenvalue weighted by Gasteiger charge is -2.28. The molecule has 0 bridgehead atoms. The number of methoxy groups -OCH3 is 1. The van der Waals surface area contributed by atoms with E-state index in [1.54, 1.807) is 7.11 Å². The first-order valence-corrected chi connectivity index (χ1v) is 7.31. The Morgan fingerprint density at radius 3 is 2.53 bits per heavy atom. The van der Waals surface area contributed by atoms with Crippen molar-refractivity contribution in [3.63, 3.8) is 0 Å². The lowest BCUT2D eigenvalue weighted by Crippen LogP contribution is -2.25. The largest absolute Gasteiger partial charge is 0.493 e. The van der Waals surface area contributed by atoms with Gasteiger partial charge in [0, 0.05) is 23.0 Å². The summed E-state index contributed by atoms with van der Waals surface area (Å²) in [6.07, 6.45) is 6.06. The van der Waals surface area contributed by atoms with Gasteiger partial charge in [0.1, 0.15) is 0 Å². The number of ether oxygens (including phenoxy) is 2. The van der Waals surface area contributed by atoms with Crippen LogP contribution in [0.15, 0.2) is 12.1 Å². The molecule has 0 radical (unpaired) electrons. The number of nitrogens with two attached hydrogens (primary N) is 1. The molecule has 2 saturated carbocycles. The summed E-state index contributed by atoms with van der Waals surface area (Å²) >= 11 is 6.38. The van der Waals surface area contributed by atoms with E-state index in [9.17, 15) is 0 Å². The second-order valence-corrected chi connectivity index (χ2v) is 6.05. The molecular formula is C15H20ClNO2. The summed E-state index contributed by atoms with van der Waals surface area (Å²) in [5.41, 5.74) is 7.09. The number of hydrogen-bond donors (Lipinski definition) is 1. The third-order valence-electron chi connectivity index (χ3n) is 4.41. The van der Waals surface area contributed by atoms with Crippen molar-refractivity contribution < 1.29 is 9.47 Å². The minimum atomic E-state index is 0.0705. The fourth-order valence-electron chi connectivity index (χ4n) is 2.60. The van der Waals surface area contributed by atoms with Gasteiger partial charge in [0.05, 0.1) is 13.2 Å². The van der Waals surface area contributed by atoms with E-state index in [1.807, 2.05) is 12.1 Å². The third kappa shape index (κ3) is 2.30. The molecule has 19 heavy (non-hydrogen) atoms. The van der Waals surface area contributed by atoms with E-state index in [-0.39, 0.29) is 5.41 Å². The summed E-state index contributed by atoms with van der Waals surface area (Å²) in [5.74, 6) is 1.53. The van der Waals surface area contributed by atoms with Crippen LogP contribution in [0.1, 0.15) is 37.7 Å². The minimum absolute atomic E-state index is 0.0705. The van der Waals surface area contributed by atoms with Gasteiger partial charge in [0.2, 0.25) is 0 Å². The highest BCUT2D eigenvalue weighted by atomic mass is 35.5. The van der Waals surface area contributed by atoms with Crippen LogP contribution in [-0.2, 0) is 5.41 Å². The van der Waals surface area contributed by atoms with Crippen molar-refractivity contribution in [3.05, 3.63) is 22.7 Å². The Bertz CT molecular complexity index is 481. The van der Waals surface area contributed by atoms with Gasteiger partial charge in [-0.05, 0) is 43.7 Å². The van der Waals surface area contributed by atoms with Crippen LogP contribution in [0, 0.1) is 0 Å². The quantitative estimate of drug-likeness (QED) is 0.901. The summed E-state index contributed by atoms with van der Waals surface area (Å²) in [7, 11) is 1.65. The zero-order valence-corrected chi connectivity index (χ0v) is 12.0. The van der Waals surface area contributed by atoms with Crippen molar-refractivity contribution >= 4 is 11.6 Å². The molecule has 0 saturated heterocycles. The van der Waals surface area contributed by atoms with Gasteiger partial charge in [-0.2, -0.15) is 0 Å². The molecule has 3 nitrogen and oxygen atoms in total. The minimum Gasteiger partial charge on any atom is -0.493 e. The first-order chi connectivity index (χ1) is 9.18. The monoisotopic (exact) mass is 281 g/mol. The van der Waals surface area contributed by atoms with Gasteiger partial charge in [-0.3, -0.25) is 0 Å². The summed E-state index contributed by atoms with van der Waals surface area (Å²) in [6, 6.07) is 3.90. The second kappa shape index (κ2) is 4.88. The Hall–Kier alpha value is -0.930. The molecule has 104 valence electrons. The standard InChI is InChI=1S/C15H20ClNO2/c1-18-13-8-12(16)11(15(9-17)5-6-15)7-14(13)19-10-3-2-4-10/h7-8,10H,2-6,9,17H2,1H3. The molecule has 0 heterocycles. The lowest BCUT2D eigenvalue weighted by molar-refractivity contribution is 0.116. The summed E-state index contributed by atoms with van der Waals surface area (Å²) in [4.78, 5) is 0. The zero-order valence-electron chi connectivity index (χ0n) is 11.2. The molecule has 1 aromatic carbocycles. The molecule has 2 fully saturated rings. The topological polar surface area (TPSA) is 44.5 Å². The van der Waals surface area contributed by atoms with Gasteiger partial charge in [0.15, 0.2) is 11.5 Å². The second-order valence-electron chi connectivity index (χ2n) is 5.64. The summed E-state index contributed by atoms with van der Waals surface area (Å²) < 4.78 is 11.4. The molecule has 0 amide bonds. The van der Waals surface area contributed by atoms with Crippen LogP contribution in [0.4, 0.5) is 0 Å². The van der Waals surface area contributed by atoms with Crippen molar-refractivity contribution in [1.82, 2.24) is 0 Å². The van der Waals surface area contributed by atoms with Crippen LogP contribution < -0.4 is 15.2 Å². The van der Waals surface area contributed by atoms with E-state index in [4.69, 9.17) is 26.8 Å². The van der Waals surface area contributed by atoms with Crippen molar-refractivity contribution in [2.24, 2.45) is 5.73 Å². The normalized spacial score (nSPS) is 20.8. The maximum atomic E-state index is 6.38. The lowest BCUT2D eigenvalue weighted by atomic mass is 9.94. The maximum Gasteiger partial charge on any atom is 0.162 e. The molecule has 0 aromatic heterocycles. The van der Waals surface area contributed by atoms with Gasteiger partial charge >= 0.3 is 0 Å². The van der Waals surface area contributed by atoms with Crippen LogP contribution >= 0.6 is 11.6 Å². The Balaban J connectivity index is 1.94. The van der Waals surface area contributed by atoms with Gasteiger partial charge in [0.25, 0.3) is 0 Å². The number of rotatable bonds is 5. The molecule has 0 aliphatic heterocycles. The van der Waals surface area contributed by atoms with Gasteiger partial charge in [-0.15, -0.1) is 0 Å². The predicted molar refractivity (Wildman–Crippen MR) is 76.2 cm³/mol. The molecule has 2 N–H and O–H groups in total. The molecule has 1 aromatic rings. The Labute approximate surface area is 119 Å². The Morgan fingerprint density at radius 1 is 1.32 bits per heavy atom. The highest BCUT2D eigenvalue weighted by Gasteiger charge is 2.44. The third-order valence-corrected chi connectivity index (χ3v) is 4.73.